The summed E-state index contributed by atoms with van der Waals surface area (Å²) < 4.78 is 27.1. The molecule has 106 valence electrons. The van der Waals surface area contributed by atoms with Crippen molar-refractivity contribution in [1.82, 2.24) is 0 Å². The Morgan fingerprint density at radius 3 is 2.60 bits per heavy atom. The summed E-state index contributed by atoms with van der Waals surface area (Å²) >= 11 is 1.17. The highest BCUT2D eigenvalue weighted by molar-refractivity contribution is 7.94. The summed E-state index contributed by atoms with van der Waals surface area (Å²) in [6, 6.07) is 9.70. The van der Waals surface area contributed by atoms with Crippen LogP contribution in [-0.4, -0.2) is 19.5 Å². The third kappa shape index (κ3) is 2.91. The zero-order valence-electron chi connectivity index (χ0n) is 10.6. The normalized spacial score (nSPS) is 12.3. The Labute approximate surface area is 120 Å². The van der Waals surface area contributed by atoms with Gasteiger partial charge in [0.05, 0.1) is 5.69 Å². The SMILES string of the molecule is Cc1ccc(S(=O)(=O)Nc2ccccc2/C(N)=N/O)s1. The summed E-state index contributed by atoms with van der Waals surface area (Å²) in [5.41, 5.74) is 6.09. The van der Waals surface area contributed by atoms with Crippen molar-refractivity contribution in [2.45, 2.75) is 11.1 Å². The van der Waals surface area contributed by atoms with Crippen LogP contribution in [0.3, 0.4) is 0 Å². The van der Waals surface area contributed by atoms with Crippen molar-refractivity contribution in [2.24, 2.45) is 10.9 Å². The van der Waals surface area contributed by atoms with Crippen LogP contribution in [0.15, 0.2) is 45.8 Å². The van der Waals surface area contributed by atoms with Crippen LogP contribution in [0.1, 0.15) is 10.4 Å². The van der Waals surface area contributed by atoms with Crippen molar-refractivity contribution in [1.29, 1.82) is 0 Å². The maximum absolute atomic E-state index is 12.2. The fourth-order valence-electron chi connectivity index (χ4n) is 1.60. The predicted octanol–water partition coefficient (Wildman–Crippen LogP) is 1.95. The van der Waals surface area contributed by atoms with Gasteiger partial charge >= 0.3 is 0 Å². The van der Waals surface area contributed by atoms with Crippen LogP contribution in [0.25, 0.3) is 0 Å². The molecule has 1 heterocycles. The number of para-hydroxylation sites is 1. The molecular formula is C12H13N3O3S2. The summed E-state index contributed by atoms with van der Waals surface area (Å²) in [5, 5.41) is 11.6. The number of sulfonamides is 1. The van der Waals surface area contributed by atoms with Gasteiger partial charge < -0.3 is 10.9 Å². The van der Waals surface area contributed by atoms with Crippen molar-refractivity contribution in [3.63, 3.8) is 0 Å². The second-order valence-electron chi connectivity index (χ2n) is 4.00. The van der Waals surface area contributed by atoms with E-state index in [-0.39, 0.29) is 15.7 Å². The lowest BCUT2D eigenvalue weighted by Crippen LogP contribution is -2.18. The lowest BCUT2D eigenvalue weighted by atomic mass is 10.2. The second-order valence-corrected chi connectivity index (χ2v) is 7.20. The van der Waals surface area contributed by atoms with E-state index in [0.717, 1.165) is 4.88 Å². The van der Waals surface area contributed by atoms with Crippen molar-refractivity contribution >= 4 is 32.9 Å². The molecule has 0 fully saturated rings. The highest BCUT2D eigenvalue weighted by Crippen LogP contribution is 2.24. The third-order valence-corrected chi connectivity index (χ3v) is 5.39. The Balaban J connectivity index is 2.40. The van der Waals surface area contributed by atoms with Gasteiger partial charge in [0.2, 0.25) is 0 Å². The van der Waals surface area contributed by atoms with Gasteiger partial charge in [-0.2, -0.15) is 0 Å². The minimum absolute atomic E-state index is 0.161. The number of amidine groups is 1. The van der Waals surface area contributed by atoms with Gasteiger partial charge in [0.25, 0.3) is 10.0 Å². The number of thiophene rings is 1. The van der Waals surface area contributed by atoms with Gasteiger partial charge in [-0.15, -0.1) is 11.3 Å². The highest BCUT2D eigenvalue weighted by Gasteiger charge is 2.18. The van der Waals surface area contributed by atoms with Gasteiger partial charge in [-0.1, -0.05) is 17.3 Å². The van der Waals surface area contributed by atoms with Crippen LogP contribution in [0.4, 0.5) is 5.69 Å². The number of oxime groups is 1. The zero-order valence-corrected chi connectivity index (χ0v) is 12.2. The maximum atomic E-state index is 12.2. The van der Waals surface area contributed by atoms with E-state index in [1.54, 1.807) is 30.3 Å². The molecule has 4 N–H and O–H groups in total. The van der Waals surface area contributed by atoms with Gasteiger partial charge in [0.1, 0.15) is 4.21 Å². The molecule has 20 heavy (non-hydrogen) atoms. The first-order valence-electron chi connectivity index (χ1n) is 5.60. The first-order chi connectivity index (χ1) is 9.44. The first-order valence-corrected chi connectivity index (χ1v) is 7.90. The molecule has 0 spiro atoms. The van der Waals surface area contributed by atoms with E-state index in [1.165, 1.54) is 17.4 Å². The molecule has 1 aromatic carbocycles. The molecule has 8 heteroatoms. The summed E-state index contributed by atoms with van der Waals surface area (Å²) in [4.78, 5) is 0.898. The molecule has 0 atom stereocenters. The van der Waals surface area contributed by atoms with Gasteiger partial charge in [0, 0.05) is 10.4 Å². The summed E-state index contributed by atoms with van der Waals surface area (Å²) in [6.07, 6.45) is 0. The lowest BCUT2D eigenvalue weighted by Gasteiger charge is -2.10. The van der Waals surface area contributed by atoms with E-state index in [2.05, 4.69) is 9.88 Å². The fourth-order valence-corrected chi connectivity index (χ4v) is 3.96. The number of nitrogens with two attached hydrogens (primary N) is 1. The van der Waals surface area contributed by atoms with Crippen LogP contribution in [0, 0.1) is 6.92 Å². The lowest BCUT2D eigenvalue weighted by molar-refractivity contribution is 0.318. The molecule has 2 rings (SSSR count). The largest absolute Gasteiger partial charge is 0.409 e. The minimum Gasteiger partial charge on any atom is -0.409 e. The molecule has 2 aromatic rings. The number of hydrogen-bond acceptors (Lipinski definition) is 5. The second kappa shape index (κ2) is 5.51. The van der Waals surface area contributed by atoms with Crippen molar-refractivity contribution in [3.05, 3.63) is 46.8 Å². The van der Waals surface area contributed by atoms with E-state index in [1.807, 2.05) is 6.92 Å². The quantitative estimate of drug-likeness (QED) is 0.347. The van der Waals surface area contributed by atoms with Crippen LogP contribution in [-0.2, 0) is 10.0 Å². The zero-order chi connectivity index (χ0) is 14.8. The number of benzene rings is 1. The van der Waals surface area contributed by atoms with Crippen LogP contribution in [0.5, 0.6) is 0 Å². The number of nitrogens with zero attached hydrogens (tertiary/aromatic N) is 1. The van der Waals surface area contributed by atoms with Crippen LogP contribution < -0.4 is 10.5 Å². The van der Waals surface area contributed by atoms with E-state index < -0.39 is 10.0 Å². The van der Waals surface area contributed by atoms with E-state index in [4.69, 9.17) is 10.9 Å². The topological polar surface area (TPSA) is 105 Å². The van der Waals surface area contributed by atoms with Crippen LogP contribution >= 0.6 is 11.3 Å². The number of nitrogens with one attached hydrogen (secondary N) is 1. The third-order valence-electron chi connectivity index (χ3n) is 2.54. The summed E-state index contributed by atoms with van der Waals surface area (Å²) in [5.74, 6) is -0.161. The first kappa shape index (κ1) is 14.4. The summed E-state index contributed by atoms with van der Waals surface area (Å²) in [7, 11) is -3.68. The van der Waals surface area contributed by atoms with E-state index >= 15 is 0 Å². The Morgan fingerprint density at radius 1 is 1.30 bits per heavy atom. The average molecular weight is 311 g/mol. The molecule has 0 saturated carbocycles. The molecule has 0 aliphatic heterocycles. The molecule has 0 aliphatic rings. The number of aryl methyl sites for hydroxylation is 1. The Kier molecular flexibility index (Phi) is 3.96. The molecule has 6 nitrogen and oxygen atoms in total. The molecule has 1 aromatic heterocycles. The number of anilines is 1. The van der Waals surface area contributed by atoms with Gasteiger partial charge in [-0.05, 0) is 31.2 Å². The Hall–Kier alpha value is -2.06. The van der Waals surface area contributed by atoms with Crippen LogP contribution in [0.2, 0.25) is 0 Å². The highest BCUT2D eigenvalue weighted by atomic mass is 32.2. The minimum atomic E-state index is -3.68. The van der Waals surface area contributed by atoms with Crippen molar-refractivity contribution < 1.29 is 13.6 Å². The molecule has 0 amide bonds. The summed E-state index contributed by atoms with van der Waals surface area (Å²) in [6.45, 7) is 1.83. The van der Waals surface area contributed by atoms with E-state index in [0.29, 0.717) is 5.56 Å². The van der Waals surface area contributed by atoms with Gasteiger partial charge in [-0.3, -0.25) is 4.72 Å². The molecule has 0 saturated heterocycles. The molecular weight excluding hydrogens is 298 g/mol. The Morgan fingerprint density at radius 2 is 2.00 bits per heavy atom. The van der Waals surface area contributed by atoms with Gasteiger partial charge in [-0.25, -0.2) is 8.42 Å². The predicted molar refractivity (Wildman–Crippen MR) is 78.8 cm³/mol. The van der Waals surface area contributed by atoms with E-state index in [9.17, 15) is 8.42 Å². The molecule has 0 unspecified atom stereocenters. The number of hydrogen-bond donors (Lipinski definition) is 3. The fraction of sp³-hybridized carbons (Fsp3) is 0.0833. The average Bonchev–Trinajstić information content (AvgIpc) is 2.86. The molecule has 0 bridgehead atoms. The van der Waals surface area contributed by atoms with Gasteiger partial charge in [0.15, 0.2) is 5.84 Å². The molecule has 0 aliphatic carbocycles. The standard InChI is InChI=1S/C12H13N3O3S2/c1-8-6-7-11(19-8)20(17,18)15-10-5-3-2-4-9(10)12(13)14-16/h2-7,15-16H,1H3,(H2,13,14). The number of rotatable bonds is 4. The smallest absolute Gasteiger partial charge is 0.271 e. The Bertz CT molecular complexity index is 751. The molecule has 0 radical (unpaired) electrons. The maximum Gasteiger partial charge on any atom is 0.271 e. The van der Waals surface area contributed by atoms with Crippen molar-refractivity contribution in [2.75, 3.05) is 4.72 Å². The van der Waals surface area contributed by atoms with Crippen molar-refractivity contribution in [3.8, 4) is 0 Å². The monoisotopic (exact) mass is 311 g/mol.